The third-order valence-electron chi connectivity index (χ3n) is 3.81. The van der Waals surface area contributed by atoms with E-state index in [1.165, 1.54) is 0 Å². The van der Waals surface area contributed by atoms with Crippen LogP contribution >= 0.6 is 0 Å². The summed E-state index contributed by atoms with van der Waals surface area (Å²) in [6.07, 6.45) is 2.86. The molecule has 3 aromatic rings. The van der Waals surface area contributed by atoms with Gasteiger partial charge in [0.15, 0.2) is 0 Å². The number of carbonyl (C=O) groups excluding carboxylic acids is 1. The van der Waals surface area contributed by atoms with E-state index >= 15 is 0 Å². The average Bonchev–Trinajstić information content (AvgIpc) is 3.07. The zero-order valence-corrected chi connectivity index (χ0v) is 12.7. The molecule has 0 aliphatic rings. The number of hydrogen-bond acceptors (Lipinski definition) is 3. The summed E-state index contributed by atoms with van der Waals surface area (Å²) >= 11 is 0. The zero-order valence-electron chi connectivity index (χ0n) is 12.7. The molecule has 5 nitrogen and oxygen atoms in total. The van der Waals surface area contributed by atoms with Crippen LogP contribution in [0.1, 0.15) is 17.5 Å². The van der Waals surface area contributed by atoms with E-state index in [4.69, 9.17) is 4.98 Å². The first-order chi connectivity index (χ1) is 10.7. The number of aromatic nitrogens is 3. The molecule has 1 amide bonds. The maximum atomic E-state index is 11.5. The molecule has 112 valence electrons. The molecule has 0 saturated heterocycles. The van der Waals surface area contributed by atoms with Gasteiger partial charge < -0.3 is 5.32 Å². The number of aryl methyl sites for hydroxylation is 2. The molecule has 3 rings (SSSR count). The fourth-order valence-corrected chi connectivity index (χ4v) is 2.59. The lowest BCUT2D eigenvalue weighted by Gasteiger charge is -2.10. The molecule has 0 radical (unpaired) electrons. The molecule has 0 bridgehead atoms. The highest BCUT2D eigenvalue weighted by Crippen LogP contribution is 2.26. The van der Waals surface area contributed by atoms with Crippen LogP contribution in [0.3, 0.4) is 0 Å². The summed E-state index contributed by atoms with van der Waals surface area (Å²) in [5.74, 6) is 0.0402. The average molecular weight is 294 g/mol. The maximum Gasteiger partial charge on any atom is 0.220 e. The summed E-state index contributed by atoms with van der Waals surface area (Å²) in [7, 11) is 1.66. The fraction of sp³-hybridized carbons (Fsp3) is 0.235. The number of carbonyl (C=O) groups is 1. The smallest absolute Gasteiger partial charge is 0.220 e. The van der Waals surface area contributed by atoms with Gasteiger partial charge in [-0.15, -0.1) is 0 Å². The molecule has 0 saturated carbocycles. The Labute approximate surface area is 128 Å². The first-order valence-corrected chi connectivity index (χ1v) is 7.28. The molecule has 22 heavy (non-hydrogen) atoms. The van der Waals surface area contributed by atoms with Gasteiger partial charge in [-0.1, -0.05) is 18.2 Å². The van der Waals surface area contributed by atoms with E-state index in [1.54, 1.807) is 13.2 Å². The Kier molecular flexibility index (Phi) is 3.87. The van der Waals surface area contributed by atoms with Crippen molar-refractivity contribution in [3.05, 3.63) is 47.7 Å². The summed E-state index contributed by atoms with van der Waals surface area (Å²) in [5.41, 5.74) is 4.97. The Bertz CT molecular complexity index is 809. The van der Waals surface area contributed by atoms with E-state index in [0.29, 0.717) is 12.8 Å². The van der Waals surface area contributed by atoms with Crippen LogP contribution in [0.15, 0.2) is 36.5 Å². The van der Waals surface area contributed by atoms with Crippen molar-refractivity contribution < 1.29 is 4.79 Å². The van der Waals surface area contributed by atoms with Gasteiger partial charge in [-0.25, -0.2) is 4.98 Å². The molecular formula is C17H18N4O. The molecule has 2 aromatic heterocycles. The van der Waals surface area contributed by atoms with Gasteiger partial charge in [0.2, 0.25) is 5.91 Å². The Hall–Kier alpha value is -2.69. The number of benzene rings is 1. The highest BCUT2D eigenvalue weighted by atomic mass is 16.1. The Morgan fingerprint density at radius 3 is 2.91 bits per heavy atom. The maximum absolute atomic E-state index is 11.5. The second kappa shape index (κ2) is 5.97. The number of amides is 1. The molecule has 1 aromatic carbocycles. The van der Waals surface area contributed by atoms with E-state index in [9.17, 15) is 4.79 Å². The van der Waals surface area contributed by atoms with Crippen LogP contribution in [0.2, 0.25) is 0 Å². The molecule has 0 aliphatic carbocycles. The highest BCUT2D eigenvalue weighted by Gasteiger charge is 2.10. The van der Waals surface area contributed by atoms with Crippen molar-refractivity contribution in [3.8, 4) is 11.4 Å². The van der Waals surface area contributed by atoms with Gasteiger partial charge in [0.25, 0.3) is 0 Å². The number of para-hydroxylation sites is 1. The normalized spacial score (nSPS) is 10.8. The molecule has 5 heteroatoms. The first kappa shape index (κ1) is 14.3. The van der Waals surface area contributed by atoms with Crippen LogP contribution in [-0.4, -0.2) is 28.1 Å². The molecule has 0 spiro atoms. The third-order valence-corrected chi connectivity index (χ3v) is 3.81. The van der Waals surface area contributed by atoms with Crippen LogP contribution in [-0.2, 0) is 11.2 Å². The number of fused-ring (bicyclic) bond motifs is 1. The molecule has 2 N–H and O–H groups in total. The minimum absolute atomic E-state index is 0.0402. The number of pyridine rings is 1. The Morgan fingerprint density at radius 2 is 2.18 bits per heavy atom. The van der Waals surface area contributed by atoms with Crippen molar-refractivity contribution in [2.24, 2.45) is 0 Å². The first-order valence-electron chi connectivity index (χ1n) is 7.28. The van der Waals surface area contributed by atoms with Gasteiger partial charge >= 0.3 is 0 Å². The second-order valence-electron chi connectivity index (χ2n) is 5.28. The van der Waals surface area contributed by atoms with Crippen LogP contribution in [0.25, 0.3) is 22.3 Å². The van der Waals surface area contributed by atoms with Crippen molar-refractivity contribution in [2.45, 2.75) is 19.8 Å². The lowest BCUT2D eigenvalue weighted by molar-refractivity contribution is -0.120. The zero-order chi connectivity index (χ0) is 15.5. The van der Waals surface area contributed by atoms with Crippen LogP contribution in [0, 0.1) is 6.92 Å². The predicted octanol–water partition coefficient (Wildman–Crippen LogP) is 2.61. The monoisotopic (exact) mass is 294 g/mol. The molecule has 0 atom stereocenters. The summed E-state index contributed by atoms with van der Waals surface area (Å²) in [6, 6.07) is 10.1. The minimum Gasteiger partial charge on any atom is -0.359 e. The van der Waals surface area contributed by atoms with Gasteiger partial charge in [0.05, 0.1) is 16.9 Å². The molecular weight excluding hydrogens is 276 g/mol. The van der Waals surface area contributed by atoms with Crippen molar-refractivity contribution >= 4 is 16.8 Å². The number of nitrogens with zero attached hydrogens (tertiary/aromatic N) is 2. The standard InChI is InChI=1S/C17H18N4O/c1-11-10-15(14-8-9-19-21-14)20-17-12(4-3-5-13(11)17)6-7-16(22)18-2/h3-5,8-10H,6-7H2,1-2H3,(H,18,22)(H,19,21). The van der Waals surface area contributed by atoms with Gasteiger partial charge in [0.1, 0.15) is 0 Å². The number of hydrogen-bond donors (Lipinski definition) is 2. The van der Waals surface area contributed by atoms with E-state index in [2.05, 4.69) is 34.6 Å². The Balaban J connectivity index is 2.07. The van der Waals surface area contributed by atoms with E-state index in [1.807, 2.05) is 18.2 Å². The van der Waals surface area contributed by atoms with Crippen LogP contribution in [0.5, 0.6) is 0 Å². The highest BCUT2D eigenvalue weighted by molar-refractivity contribution is 5.87. The second-order valence-corrected chi connectivity index (χ2v) is 5.28. The van der Waals surface area contributed by atoms with Crippen LogP contribution < -0.4 is 5.32 Å². The molecule has 0 aliphatic heterocycles. The minimum atomic E-state index is 0.0402. The lowest BCUT2D eigenvalue weighted by atomic mass is 10.0. The third kappa shape index (κ3) is 2.70. The van der Waals surface area contributed by atoms with Gasteiger partial charge in [0, 0.05) is 25.1 Å². The van der Waals surface area contributed by atoms with Gasteiger partial charge in [-0.05, 0) is 36.6 Å². The molecule has 0 unspecified atom stereocenters. The summed E-state index contributed by atoms with van der Waals surface area (Å²) in [6.45, 7) is 2.08. The fourth-order valence-electron chi connectivity index (χ4n) is 2.59. The van der Waals surface area contributed by atoms with Crippen molar-refractivity contribution in [1.29, 1.82) is 0 Å². The van der Waals surface area contributed by atoms with Crippen molar-refractivity contribution in [3.63, 3.8) is 0 Å². The summed E-state index contributed by atoms with van der Waals surface area (Å²) < 4.78 is 0. The summed E-state index contributed by atoms with van der Waals surface area (Å²) in [4.78, 5) is 16.3. The number of aromatic amines is 1. The lowest BCUT2D eigenvalue weighted by Crippen LogP contribution is -2.18. The number of nitrogens with one attached hydrogen (secondary N) is 2. The largest absolute Gasteiger partial charge is 0.359 e. The number of H-pyrrole nitrogens is 1. The number of rotatable bonds is 4. The Morgan fingerprint density at radius 1 is 1.32 bits per heavy atom. The molecule has 2 heterocycles. The quantitative estimate of drug-likeness (QED) is 0.777. The SMILES string of the molecule is CNC(=O)CCc1cccc2c(C)cc(-c3ccn[nH]3)nc12. The van der Waals surface area contributed by atoms with Gasteiger partial charge in [-0.3, -0.25) is 9.89 Å². The topological polar surface area (TPSA) is 70.7 Å². The van der Waals surface area contributed by atoms with E-state index in [-0.39, 0.29) is 5.91 Å². The molecule has 0 fully saturated rings. The van der Waals surface area contributed by atoms with Crippen molar-refractivity contribution in [1.82, 2.24) is 20.5 Å². The van der Waals surface area contributed by atoms with Crippen molar-refractivity contribution in [2.75, 3.05) is 7.05 Å². The van der Waals surface area contributed by atoms with E-state index < -0.39 is 0 Å². The van der Waals surface area contributed by atoms with Gasteiger partial charge in [-0.2, -0.15) is 5.10 Å². The predicted molar refractivity (Wildman–Crippen MR) is 86.4 cm³/mol. The summed E-state index contributed by atoms with van der Waals surface area (Å²) in [5, 5.41) is 10.7. The van der Waals surface area contributed by atoms with E-state index in [0.717, 1.165) is 33.4 Å². The van der Waals surface area contributed by atoms with Crippen LogP contribution in [0.4, 0.5) is 0 Å².